The van der Waals surface area contributed by atoms with Crippen LogP contribution in [0.2, 0.25) is 0 Å². The molecule has 0 amide bonds. The van der Waals surface area contributed by atoms with E-state index in [1.165, 1.54) is 0 Å². The number of rotatable bonds is 6. The number of halogens is 2. The van der Waals surface area contributed by atoms with Crippen molar-refractivity contribution in [1.29, 1.82) is 0 Å². The minimum absolute atomic E-state index is 0.0914. The number of benzene rings is 2. The summed E-state index contributed by atoms with van der Waals surface area (Å²) in [5.74, 6) is -1.58. The van der Waals surface area contributed by atoms with Crippen molar-refractivity contribution in [3.8, 4) is 5.75 Å². The first kappa shape index (κ1) is 15.6. The molecule has 5 heteroatoms. The maximum absolute atomic E-state index is 12.3. The lowest BCUT2D eigenvalue weighted by Gasteiger charge is -2.16. The van der Waals surface area contributed by atoms with Gasteiger partial charge in [0, 0.05) is 16.6 Å². The highest BCUT2D eigenvalue weighted by Gasteiger charge is 2.08. The fourth-order valence-electron chi connectivity index (χ4n) is 1.98. The van der Waals surface area contributed by atoms with Crippen LogP contribution in [0.1, 0.15) is 18.5 Å². The van der Waals surface area contributed by atoms with Crippen LogP contribution in [0.4, 0.5) is 14.5 Å². The Balaban J connectivity index is 2.03. The lowest BCUT2D eigenvalue weighted by molar-refractivity contribution is 0.252. The fraction of sp³-hybridized carbons (Fsp3) is 0.250. The first-order valence-corrected chi connectivity index (χ1v) is 7.42. The molecule has 1 unspecified atom stereocenters. The van der Waals surface area contributed by atoms with Gasteiger partial charge in [-0.05, 0) is 48.9 Å². The van der Waals surface area contributed by atoms with Crippen molar-refractivity contribution in [1.82, 2.24) is 0 Å². The van der Waals surface area contributed by atoms with Crippen LogP contribution in [-0.4, -0.2) is 12.9 Å². The van der Waals surface area contributed by atoms with Crippen LogP contribution >= 0.6 is 11.8 Å². The molecule has 0 bridgehead atoms. The van der Waals surface area contributed by atoms with Crippen LogP contribution in [0.25, 0.3) is 0 Å². The van der Waals surface area contributed by atoms with Gasteiger partial charge in [-0.15, -0.1) is 0 Å². The molecule has 1 N–H and O–H groups in total. The van der Waals surface area contributed by atoms with Crippen LogP contribution in [-0.2, 0) is 0 Å². The van der Waals surface area contributed by atoms with Crippen molar-refractivity contribution < 1.29 is 13.5 Å². The molecule has 0 aliphatic carbocycles. The number of hydrogen-bond acceptors (Lipinski definition) is 3. The predicted molar refractivity (Wildman–Crippen MR) is 83.3 cm³/mol. The lowest BCUT2D eigenvalue weighted by Crippen LogP contribution is -2.06. The van der Waals surface area contributed by atoms with Crippen LogP contribution in [0.3, 0.4) is 0 Å². The van der Waals surface area contributed by atoms with E-state index in [1.54, 1.807) is 31.4 Å². The first-order valence-electron chi connectivity index (χ1n) is 6.54. The van der Waals surface area contributed by atoms with Crippen molar-refractivity contribution in [3.05, 3.63) is 54.1 Å². The zero-order valence-electron chi connectivity index (χ0n) is 11.8. The summed E-state index contributed by atoms with van der Waals surface area (Å²) < 4.78 is 29.7. The number of alkyl halides is 2. The second kappa shape index (κ2) is 7.31. The van der Waals surface area contributed by atoms with Crippen LogP contribution in [0.15, 0.2) is 53.4 Å². The van der Waals surface area contributed by atoms with Gasteiger partial charge in [-0.25, -0.2) is 0 Å². The van der Waals surface area contributed by atoms with Crippen molar-refractivity contribution >= 4 is 17.4 Å². The quantitative estimate of drug-likeness (QED) is 0.743. The summed E-state index contributed by atoms with van der Waals surface area (Å²) in [5, 5.41) is 3.34. The van der Waals surface area contributed by atoms with Crippen molar-refractivity contribution in [2.45, 2.75) is 23.6 Å². The molecule has 0 aromatic heterocycles. The SMILES string of the molecule is COc1cccc(C(C)Nc2ccc(SC(F)F)cc2)c1. The normalized spacial score (nSPS) is 12.2. The van der Waals surface area contributed by atoms with E-state index in [0.717, 1.165) is 17.0 Å². The molecule has 0 aliphatic heterocycles. The predicted octanol–water partition coefficient (Wildman–Crippen LogP) is 5.18. The molecule has 0 fully saturated rings. The highest BCUT2D eigenvalue weighted by Crippen LogP contribution is 2.28. The molecule has 0 saturated heterocycles. The molecule has 0 saturated carbocycles. The fourth-order valence-corrected chi connectivity index (χ4v) is 2.48. The highest BCUT2D eigenvalue weighted by molar-refractivity contribution is 7.99. The highest BCUT2D eigenvalue weighted by atomic mass is 32.2. The molecule has 2 rings (SSSR count). The summed E-state index contributed by atoms with van der Waals surface area (Å²) in [6, 6.07) is 14.9. The Morgan fingerprint density at radius 1 is 1.10 bits per heavy atom. The number of hydrogen-bond donors (Lipinski definition) is 1. The molecule has 1 atom stereocenters. The van der Waals surface area contributed by atoms with Crippen LogP contribution < -0.4 is 10.1 Å². The smallest absolute Gasteiger partial charge is 0.288 e. The second-order valence-corrected chi connectivity index (χ2v) is 5.61. The number of anilines is 1. The standard InChI is InChI=1S/C16H17F2NOS/c1-11(12-4-3-5-14(10-12)20-2)19-13-6-8-15(9-7-13)21-16(17)18/h3-11,16,19H,1-2H3. The van der Waals surface area contributed by atoms with Crippen molar-refractivity contribution in [3.63, 3.8) is 0 Å². The third-order valence-corrected chi connectivity index (χ3v) is 3.78. The monoisotopic (exact) mass is 309 g/mol. The number of thioether (sulfide) groups is 1. The Morgan fingerprint density at radius 2 is 1.81 bits per heavy atom. The number of ether oxygens (including phenoxy) is 1. The number of methoxy groups -OCH3 is 1. The maximum atomic E-state index is 12.3. The van der Waals surface area contributed by atoms with E-state index in [9.17, 15) is 8.78 Å². The van der Waals surface area contributed by atoms with Crippen LogP contribution in [0.5, 0.6) is 5.75 Å². The Bertz CT molecular complexity index is 575. The first-order chi connectivity index (χ1) is 10.1. The minimum atomic E-state index is -2.39. The molecule has 2 nitrogen and oxygen atoms in total. The lowest BCUT2D eigenvalue weighted by atomic mass is 10.1. The molecule has 2 aromatic rings. The van der Waals surface area contributed by atoms with E-state index in [-0.39, 0.29) is 6.04 Å². The van der Waals surface area contributed by atoms with Crippen molar-refractivity contribution in [2.75, 3.05) is 12.4 Å². The summed E-state index contributed by atoms with van der Waals surface area (Å²) in [5.41, 5.74) is 1.99. The average Bonchev–Trinajstić information content (AvgIpc) is 2.49. The second-order valence-electron chi connectivity index (χ2n) is 4.55. The molecule has 0 spiro atoms. The molecule has 2 aromatic carbocycles. The van der Waals surface area contributed by atoms with E-state index < -0.39 is 5.76 Å². The topological polar surface area (TPSA) is 21.3 Å². The molecular weight excluding hydrogens is 292 g/mol. The summed E-state index contributed by atoms with van der Waals surface area (Å²) in [6.45, 7) is 2.04. The van der Waals surface area contributed by atoms with Gasteiger partial charge in [-0.2, -0.15) is 8.78 Å². The molecule has 0 aliphatic rings. The maximum Gasteiger partial charge on any atom is 0.288 e. The largest absolute Gasteiger partial charge is 0.497 e. The van der Waals surface area contributed by atoms with Gasteiger partial charge in [-0.3, -0.25) is 0 Å². The summed E-state index contributed by atoms with van der Waals surface area (Å²) >= 11 is 0.550. The van der Waals surface area contributed by atoms with E-state index >= 15 is 0 Å². The van der Waals surface area contributed by atoms with Gasteiger partial charge < -0.3 is 10.1 Å². The zero-order valence-corrected chi connectivity index (χ0v) is 12.7. The van der Waals surface area contributed by atoms with Crippen LogP contribution in [0, 0.1) is 0 Å². The van der Waals surface area contributed by atoms with Gasteiger partial charge in [-0.1, -0.05) is 23.9 Å². The summed E-state index contributed by atoms with van der Waals surface area (Å²) in [6.07, 6.45) is 0. The van der Waals surface area contributed by atoms with Gasteiger partial charge in [0.05, 0.1) is 7.11 Å². The minimum Gasteiger partial charge on any atom is -0.497 e. The summed E-state index contributed by atoms with van der Waals surface area (Å²) in [7, 11) is 1.64. The molecule has 21 heavy (non-hydrogen) atoms. The molecule has 0 heterocycles. The van der Waals surface area contributed by atoms with E-state index in [0.29, 0.717) is 16.7 Å². The third kappa shape index (κ3) is 4.63. The Labute approximate surface area is 127 Å². The van der Waals surface area contributed by atoms with Gasteiger partial charge in [0.1, 0.15) is 5.75 Å². The van der Waals surface area contributed by atoms with Gasteiger partial charge >= 0.3 is 0 Å². The van der Waals surface area contributed by atoms with E-state index in [4.69, 9.17) is 4.74 Å². The van der Waals surface area contributed by atoms with Crippen molar-refractivity contribution in [2.24, 2.45) is 0 Å². The zero-order chi connectivity index (χ0) is 15.2. The molecular formula is C16H17F2NOS. The average molecular weight is 309 g/mol. The Morgan fingerprint density at radius 3 is 2.43 bits per heavy atom. The summed E-state index contributed by atoms with van der Waals surface area (Å²) in [4.78, 5) is 0.560. The van der Waals surface area contributed by atoms with Gasteiger partial charge in [0.15, 0.2) is 0 Å². The number of nitrogens with one attached hydrogen (secondary N) is 1. The van der Waals surface area contributed by atoms with E-state index in [2.05, 4.69) is 5.32 Å². The molecule has 112 valence electrons. The Kier molecular flexibility index (Phi) is 5.44. The van der Waals surface area contributed by atoms with Gasteiger partial charge in [0.2, 0.25) is 0 Å². The Hall–Kier alpha value is -1.75. The van der Waals surface area contributed by atoms with E-state index in [1.807, 2.05) is 31.2 Å². The molecule has 0 radical (unpaired) electrons. The van der Waals surface area contributed by atoms with Gasteiger partial charge in [0.25, 0.3) is 5.76 Å². The third-order valence-electron chi connectivity index (χ3n) is 3.06.